The maximum atomic E-state index is 13.1. The number of rotatable bonds is 9. The fourth-order valence-electron chi connectivity index (χ4n) is 4.70. The molecule has 1 heterocycles. The second-order valence-electron chi connectivity index (χ2n) is 9.13. The van der Waals surface area contributed by atoms with Crippen LogP contribution in [0.5, 0.6) is 5.75 Å². The summed E-state index contributed by atoms with van der Waals surface area (Å²) in [5, 5.41) is 3.10. The third-order valence-corrected chi connectivity index (χ3v) is 6.44. The topological polar surface area (TPSA) is 50.8 Å². The van der Waals surface area contributed by atoms with E-state index in [1.165, 1.54) is 38.8 Å². The van der Waals surface area contributed by atoms with E-state index in [2.05, 4.69) is 24.1 Å². The van der Waals surface area contributed by atoms with Crippen molar-refractivity contribution >= 4 is 11.6 Å². The number of amides is 1. The van der Waals surface area contributed by atoms with Gasteiger partial charge >= 0.3 is 0 Å². The van der Waals surface area contributed by atoms with Crippen molar-refractivity contribution in [1.82, 2.24) is 4.90 Å². The van der Waals surface area contributed by atoms with Crippen molar-refractivity contribution in [3.63, 3.8) is 0 Å². The Labute approximate surface area is 182 Å². The Hall–Kier alpha value is -1.59. The molecule has 1 N–H and O–H groups in total. The number of nitrogens with zero attached hydrogens (tertiary/aromatic N) is 1. The van der Waals surface area contributed by atoms with Gasteiger partial charge in [0.05, 0.1) is 0 Å². The highest BCUT2D eigenvalue weighted by molar-refractivity contribution is 5.97. The Morgan fingerprint density at radius 1 is 1.10 bits per heavy atom. The molecule has 1 saturated heterocycles. The van der Waals surface area contributed by atoms with Crippen molar-refractivity contribution in [2.75, 3.05) is 38.2 Å². The second-order valence-corrected chi connectivity index (χ2v) is 9.13. The van der Waals surface area contributed by atoms with E-state index in [4.69, 9.17) is 9.47 Å². The van der Waals surface area contributed by atoms with Crippen molar-refractivity contribution in [3.8, 4) is 5.75 Å². The number of nitrogens with one attached hydrogen (secondary N) is 1. The third kappa shape index (κ3) is 6.71. The van der Waals surface area contributed by atoms with Crippen LogP contribution in [0.15, 0.2) is 24.3 Å². The summed E-state index contributed by atoms with van der Waals surface area (Å²) in [6.07, 6.45) is 9.68. The molecule has 0 bridgehead atoms. The SMILES string of the molecule is CCCOC1(C(=O)Nc2ccc(OCCN3CCC[C@H](C)C3)cc2)CCCCCC1. The van der Waals surface area contributed by atoms with Gasteiger partial charge in [-0.1, -0.05) is 39.5 Å². The summed E-state index contributed by atoms with van der Waals surface area (Å²) >= 11 is 0. The van der Waals surface area contributed by atoms with E-state index in [1.54, 1.807) is 0 Å². The van der Waals surface area contributed by atoms with Crippen LogP contribution in [0, 0.1) is 5.92 Å². The number of carbonyl (C=O) groups is 1. The maximum Gasteiger partial charge on any atom is 0.256 e. The van der Waals surface area contributed by atoms with Crippen molar-refractivity contribution in [2.24, 2.45) is 5.92 Å². The van der Waals surface area contributed by atoms with Crippen molar-refractivity contribution < 1.29 is 14.3 Å². The smallest absolute Gasteiger partial charge is 0.256 e. The first kappa shape index (κ1) is 23.1. The monoisotopic (exact) mass is 416 g/mol. The van der Waals surface area contributed by atoms with E-state index < -0.39 is 5.60 Å². The van der Waals surface area contributed by atoms with Crippen LogP contribution in [-0.4, -0.2) is 49.3 Å². The lowest BCUT2D eigenvalue weighted by molar-refractivity contribution is -0.143. The van der Waals surface area contributed by atoms with Gasteiger partial charge in [0.1, 0.15) is 18.0 Å². The van der Waals surface area contributed by atoms with Gasteiger partial charge in [0.25, 0.3) is 5.91 Å². The normalized spacial score (nSPS) is 22.3. The van der Waals surface area contributed by atoms with Gasteiger partial charge in [-0.3, -0.25) is 9.69 Å². The average molecular weight is 417 g/mol. The zero-order valence-electron chi connectivity index (χ0n) is 19.0. The van der Waals surface area contributed by atoms with Crippen LogP contribution in [0.1, 0.15) is 71.6 Å². The van der Waals surface area contributed by atoms with E-state index in [9.17, 15) is 4.79 Å². The molecular weight excluding hydrogens is 376 g/mol. The second kappa shape index (κ2) is 11.7. The number of piperidine rings is 1. The van der Waals surface area contributed by atoms with Gasteiger partial charge in [-0.2, -0.15) is 0 Å². The molecule has 1 saturated carbocycles. The molecule has 0 unspecified atom stereocenters. The predicted molar refractivity (Wildman–Crippen MR) is 122 cm³/mol. The number of anilines is 1. The fraction of sp³-hybridized carbons (Fsp3) is 0.720. The van der Waals surface area contributed by atoms with Crippen molar-refractivity contribution in [3.05, 3.63) is 24.3 Å². The minimum absolute atomic E-state index is 0.00531. The molecule has 5 nitrogen and oxygen atoms in total. The molecule has 168 valence electrons. The van der Waals surface area contributed by atoms with Gasteiger partial charge in [-0.15, -0.1) is 0 Å². The molecular formula is C25H40N2O3. The summed E-state index contributed by atoms with van der Waals surface area (Å²) in [5.41, 5.74) is 0.133. The minimum atomic E-state index is -0.673. The minimum Gasteiger partial charge on any atom is -0.492 e. The van der Waals surface area contributed by atoms with Crippen LogP contribution < -0.4 is 10.1 Å². The molecule has 1 aliphatic carbocycles. The van der Waals surface area contributed by atoms with Gasteiger partial charge in [-0.05, 0) is 68.8 Å². The molecule has 2 fully saturated rings. The highest BCUT2D eigenvalue weighted by atomic mass is 16.5. The van der Waals surface area contributed by atoms with E-state index >= 15 is 0 Å². The van der Waals surface area contributed by atoms with Gasteiger partial charge in [-0.25, -0.2) is 0 Å². The Morgan fingerprint density at radius 3 is 2.50 bits per heavy atom. The molecule has 3 rings (SSSR count). The van der Waals surface area contributed by atoms with Crippen LogP contribution in [-0.2, 0) is 9.53 Å². The van der Waals surface area contributed by atoms with E-state index in [-0.39, 0.29) is 5.91 Å². The van der Waals surface area contributed by atoms with E-state index in [0.29, 0.717) is 13.2 Å². The molecule has 1 aliphatic heterocycles. The number of ether oxygens (including phenoxy) is 2. The number of likely N-dealkylation sites (tertiary alicyclic amines) is 1. The predicted octanol–water partition coefficient (Wildman–Crippen LogP) is 5.26. The van der Waals surface area contributed by atoms with Crippen molar-refractivity contribution in [1.29, 1.82) is 0 Å². The molecule has 1 aromatic carbocycles. The highest BCUT2D eigenvalue weighted by Gasteiger charge is 2.39. The van der Waals surface area contributed by atoms with Crippen LogP contribution in [0.25, 0.3) is 0 Å². The number of hydrogen-bond donors (Lipinski definition) is 1. The number of hydrogen-bond acceptors (Lipinski definition) is 4. The van der Waals surface area contributed by atoms with Crippen LogP contribution in [0.3, 0.4) is 0 Å². The van der Waals surface area contributed by atoms with E-state index in [1.807, 2.05) is 24.3 Å². The van der Waals surface area contributed by atoms with E-state index in [0.717, 1.165) is 56.0 Å². The lowest BCUT2D eigenvalue weighted by Gasteiger charge is -2.31. The zero-order chi connectivity index (χ0) is 21.2. The molecule has 0 spiro atoms. The van der Waals surface area contributed by atoms with Crippen LogP contribution in [0.4, 0.5) is 5.69 Å². The molecule has 1 aromatic rings. The summed E-state index contributed by atoms with van der Waals surface area (Å²) in [6.45, 7) is 9.08. The van der Waals surface area contributed by atoms with Crippen LogP contribution >= 0.6 is 0 Å². The molecule has 1 atom stereocenters. The van der Waals surface area contributed by atoms with Gasteiger partial charge in [0.15, 0.2) is 0 Å². The zero-order valence-corrected chi connectivity index (χ0v) is 19.0. The molecule has 0 aromatic heterocycles. The third-order valence-electron chi connectivity index (χ3n) is 6.44. The molecule has 1 amide bonds. The van der Waals surface area contributed by atoms with Crippen molar-refractivity contribution in [2.45, 2.75) is 77.2 Å². The summed E-state index contributed by atoms with van der Waals surface area (Å²) in [6, 6.07) is 7.75. The number of benzene rings is 1. The Kier molecular flexibility index (Phi) is 9.01. The lowest BCUT2D eigenvalue weighted by atomic mass is 9.92. The molecule has 0 radical (unpaired) electrons. The summed E-state index contributed by atoms with van der Waals surface area (Å²) in [5.74, 6) is 1.65. The first-order chi connectivity index (χ1) is 14.6. The first-order valence-corrected chi connectivity index (χ1v) is 12.0. The molecule has 2 aliphatic rings. The highest BCUT2D eigenvalue weighted by Crippen LogP contribution is 2.32. The lowest BCUT2D eigenvalue weighted by Crippen LogP contribution is -2.45. The summed E-state index contributed by atoms with van der Waals surface area (Å²) in [7, 11) is 0. The molecule has 5 heteroatoms. The molecule has 30 heavy (non-hydrogen) atoms. The Bertz CT molecular complexity index is 638. The standard InChI is InChI=1S/C25H40N2O3/c1-3-18-30-25(14-6-4-5-7-15-25)24(28)26-22-10-12-23(13-11-22)29-19-17-27-16-8-9-21(2)20-27/h10-13,21H,3-9,14-20H2,1-2H3,(H,26,28)/t21-/m0/s1. The first-order valence-electron chi connectivity index (χ1n) is 12.0. The largest absolute Gasteiger partial charge is 0.492 e. The quantitative estimate of drug-likeness (QED) is 0.558. The maximum absolute atomic E-state index is 13.1. The number of carbonyl (C=O) groups excluding carboxylic acids is 1. The van der Waals surface area contributed by atoms with Gasteiger partial charge in [0.2, 0.25) is 0 Å². The van der Waals surface area contributed by atoms with Crippen LogP contribution in [0.2, 0.25) is 0 Å². The summed E-state index contributed by atoms with van der Waals surface area (Å²) < 4.78 is 12.1. The summed E-state index contributed by atoms with van der Waals surface area (Å²) in [4.78, 5) is 15.6. The van der Waals surface area contributed by atoms with Gasteiger partial charge in [0, 0.05) is 25.4 Å². The Morgan fingerprint density at radius 2 is 1.83 bits per heavy atom. The van der Waals surface area contributed by atoms with Gasteiger partial charge < -0.3 is 14.8 Å². The average Bonchev–Trinajstić information content (AvgIpc) is 3.00. The Balaban J connectivity index is 1.50. The fourth-order valence-corrected chi connectivity index (χ4v) is 4.70.